The molecule has 4 heteroatoms. The maximum atomic E-state index is 12.7. The standard InChI is InChI=1S/C23H36O4/c1-14(24)27-17-7-9-22(2)16(12-17)11-15(13-26-4)21-18-5-6-20(25)23(18,3)10-8-19(21)22/h15-19,21H,5-13H2,1-4H3/t15?,16-,17-,18-,19-,21-,22-,23-/m0/s1. The molecular formula is C23H36O4. The Balaban J connectivity index is 1.63. The fraction of sp³-hybridized carbons (Fsp3) is 0.913. The highest BCUT2D eigenvalue weighted by atomic mass is 16.5. The van der Waals surface area contributed by atoms with Gasteiger partial charge in [0.2, 0.25) is 0 Å². The molecule has 4 fully saturated rings. The van der Waals surface area contributed by atoms with Crippen molar-refractivity contribution in [2.45, 2.75) is 78.2 Å². The summed E-state index contributed by atoms with van der Waals surface area (Å²) < 4.78 is 11.3. The van der Waals surface area contributed by atoms with Gasteiger partial charge in [-0.3, -0.25) is 9.59 Å². The zero-order chi connectivity index (χ0) is 19.4. The van der Waals surface area contributed by atoms with Crippen molar-refractivity contribution in [3.8, 4) is 0 Å². The van der Waals surface area contributed by atoms with Crippen LogP contribution >= 0.6 is 0 Å². The first kappa shape index (κ1) is 19.4. The lowest BCUT2D eigenvalue weighted by atomic mass is 9.43. The molecular weight excluding hydrogens is 340 g/mol. The summed E-state index contributed by atoms with van der Waals surface area (Å²) in [6.45, 7) is 7.07. The molecule has 0 N–H and O–H groups in total. The fourth-order valence-corrected chi connectivity index (χ4v) is 7.89. The summed E-state index contributed by atoms with van der Waals surface area (Å²) in [4.78, 5) is 24.2. The van der Waals surface area contributed by atoms with Gasteiger partial charge in [-0.05, 0) is 80.0 Å². The third kappa shape index (κ3) is 2.97. The molecule has 0 radical (unpaired) electrons. The SMILES string of the molecule is COCC1C[C@H]2C[C@@H](OC(C)=O)CC[C@]2(C)[C@H]2CC[C@]3(C)C(=O)CC[C@H]3[C@H]12. The molecule has 4 rings (SSSR count). The van der Waals surface area contributed by atoms with Crippen LogP contribution in [0.5, 0.6) is 0 Å². The van der Waals surface area contributed by atoms with E-state index in [1.165, 1.54) is 13.3 Å². The Hall–Kier alpha value is -0.900. The number of rotatable bonds is 3. The lowest BCUT2D eigenvalue weighted by molar-refractivity contribution is -0.172. The molecule has 0 amide bonds. The van der Waals surface area contributed by atoms with Crippen LogP contribution in [0.1, 0.15) is 72.1 Å². The lowest BCUT2D eigenvalue weighted by Gasteiger charge is -2.62. The van der Waals surface area contributed by atoms with Crippen molar-refractivity contribution in [2.75, 3.05) is 13.7 Å². The predicted molar refractivity (Wildman–Crippen MR) is 103 cm³/mol. The van der Waals surface area contributed by atoms with Crippen molar-refractivity contribution in [1.29, 1.82) is 0 Å². The largest absolute Gasteiger partial charge is 0.463 e. The van der Waals surface area contributed by atoms with Crippen LogP contribution in [-0.4, -0.2) is 31.6 Å². The first-order chi connectivity index (χ1) is 12.8. The molecule has 4 aliphatic carbocycles. The van der Waals surface area contributed by atoms with Gasteiger partial charge in [0.1, 0.15) is 11.9 Å². The van der Waals surface area contributed by atoms with Crippen molar-refractivity contribution in [1.82, 2.24) is 0 Å². The quantitative estimate of drug-likeness (QED) is 0.685. The van der Waals surface area contributed by atoms with Crippen LogP contribution in [0.3, 0.4) is 0 Å². The van der Waals surface area contributed by atoms with E-state index in [1.54, 1.807) is 0 Å². The minimum atomic E-state index is -0.149. The van der Waals surface area contributed by atoms with Crippen LogP contribution in [0.25, 0.3) is 0 Å². The Kier molecular flexibility index (Phi) is 4.93. The fourth-order valence-electron chi connectivity index (χ4n) is 7.89. The van der Waals surface area contributed by atoms with Crippen LogP contribution in [0.2, 0.25) is 0 Å². The second kappa shape index (κ2) is 6.86. The van der Waals surface area contributed by atoms with E-state index in [2.05, 4.69) is 13.8 Å². The molecule has 1 unspecified atom stereocenters. The Morgan fingerprint density at radius 3 is 2.59 bits per heavy atom. The number of esters is 1. The van der Waals surface area contributed by atoms with Gasteiger partial charge in [0.05, 0.1) is 0 Å². The molecule has 0 aliphatic heterocycles. The molecule has 0 aromatic carbocycles. The molecule has 8 atom stereocenters. The van der Waals surface area contributed by atoms with E-state index >= 15 is 0 Å². The number of ether oxygens (including phenoxy) is 2. The van der Waals surface area contributed by atoms with E-state index in [0.717, 1.165) is 51.6 Å². The number of fused-ring (bicyclic) bond motifs is 5. The van der Waals surface area contributed by atoms with Crippen LogP contribution in [0.4, 0.5) is 0 Å². The summed E-state index contributed by atoms with van der Waals surface area (Å²) in [5.74, 6) is 3.31. The maximum absolute atomic E-state index is 12.7. The van der Waals surface area contributed by atoms with Gasteiger partial charge in [0.15, 0.2) is 0 Å². The maximum Gasteiger partial charge on any atom is 0.302 e. The van der Waals surface area contributed by atoms with Crippen LogP contribution in [0.15, 0.2) is 0 Å². The van der Waals surface area contributed by atoms with Crippen molar-refractivity contribution in [3.05, 3.63) is 0 Å². The highest BCUT2D eigenvalue weighted by molar-refractivity contribution is 5.87. The average molecular weight is 377 g/mol. The number of carbonyl (C=O) groups excluding carboxylic acids is 2. The average Bonchev–Trinajstić information content (AvgIpc) is 2.91. The highest BCUT2D eigenvalue weighted by Crippen LogP contribution is 2.66. The van der Waals surface area contributed by atoms with Gasteiger partial charge in [-0.15, -0.1) is 0 Å². The molecule has 4 nitrogen and oxygen atoms in total. The summed E-state index contributed by atoms with van der Waals surface area (Å²) in [6.07, 6.45) is 8.47. The zero-order valence-corrected chi connectivity index (χ0v) is 17.5. The predicted octanol–water partition coefficient (Wildman–Crippen LogP) is 4.40. The van der Waals surface area contributed by atoms with Gasteiger partial charge in [-0.2, -0.15) is 0 Å². The van der Waals surface area contributed by atoms with Gasteiger partial charge >= 0.3 is 5.97 Å². The topological polar surface area (TPSA) is 52.6 Å². The molecule has 0 bridgehead atoms. The van der Waals surface area contributed by atoms with Crippen LogP contribution < -0.4 is 0 Å². The summed E-state index contributed by atoms with van der Waals surface area (Å²) in [5, 5.41) is 0. The van der Waals surface area contributed by atoms with Crippen molar-refractivity contribution < 1.29 is 19.1 Å². The summed E-state index contributed by atoms with van der Waals surface area (Å²) in [7, 11) is 1.81. The Bertz CT molecular complexity index is 615. The number of hydrogen-bond acceptors (Lipinski definition) is 4. The Morgan fingerprint density at radius 1 is 1.11 bits per heavy atom. The minimum absolute atomic E-state index is 0.0854. The van der Waals surface area contributed by atoms with E-state index in [1.807, 2.05) is 7.11 Å². The van der Waals surface area contributed by atoms with E-state index in [-0.39, 0.29) is 17.5 Å². The molecule has 0 spiro atoms. The number of carbonyl (C=O) groups is 2. The van der Waals surface area contributed by atoms with E-state index < -0.39 is 0 Å². The van der Waals surface area contributed by atoms with Crippen LogP contribution in [-0.2, 0) is 19.1 Å². The molecule has 4 saturated carbocycles. The molecule has 152 valence electrons. The molecule has 27 heavy (non-hydrogen) atoms. The van der Waals surface area contributed by atoms with Gasteiger partial charge in [-0.25, -0.2) is 0 Å². The van der Waals surface area contributed by atoms with Crippen molar-refractivity contribution in [3.63, 3.8) is 0 Å². The lowest BCUT2D eigenvalue weighted by Crippen LogP contribution is -2.57. The van der Waals surface area contributed by atoms with Gasteiger partial charge in [0.25, 0.3) is 0 Å². The Morgan fingerprint density at radius 2 is 1.89 bits per heavy atom. The number of hydrogen-bond donors (Lipinski definition) is 0. The minimum Gasteiger partial charge on any atom is -0.463 e. The monoisotopic (exact) mass is 376 g/mol. The first-order valence-corrected chi connectivity index (χ1v) is 11.0. The van der Waals surface area contributed by atoms with Gasteiger partial charge in [0, 0.05) is 32.5 Å². The van der Waals surface area contributed by atoms with Crippen LogP contribution in [0, 0.1) is 40.4 Å². The number of methoxy groups -OCH3 is 1. The summed E-state index contributed by atoms with van der Waals surface area (Å²) in [6, 6.07) is 0. The van der Waals surface area contributed by atoms with Crippen molar-refractivity contribution in [2.24, 2.45) is 40.4 Å². The molecule has 0 aromatic rings. The third-order valence-electron chi connectivity index (χ3n) is 9.22. The smallest absolute Gasteiger partial charge is 0.302 e. The second-order valence-electron chi connectivity index (χ2n) is 10.4. The van der Waals surface area contributed by atoms with E-state index in [4.69, 9.17) is 9.47 Å². The van der Waals surface area contributed by atoms with Gasteiger partial charge in [-0.1, -0.05) is 13.8 Å². The number of ketones is 1. The van der Waals surface area contributed by atoms with Crippen molar-refractivity contribution >= 4 is 11.8 Å². The zero-order valence-electron chi connectivity index (χ0n) is 17.5. The summed E-state index contributed by atoms with van der Waals surface area (Å²) in [5.41, 5.74) is 0.226. The van der Waals surface area contributed by atoms with E-state index in [9.17, 15) is 9.59 Å². The molecule has 0 heterocycles. The van der Waals surface area contributed by atoms with Gasteiger partial charge < -0.3 is 9.47 Å². The molecule has 0 saturated heterocycles. The molecule has 4 aliphatic rings. The summed E-state index contributed by atoms with van der Waals surface area (Å²) >= 11 is 0. The second-order valence-corrected chi connectivity index (χ2v) is 10.4. The third-order valence-corrected chi connectivity index (χ3v) is 9.22. The Labute approximate surface area is 163 Å². The number of Topliss-reactive ketones (excluding diaryl/α,β-unsaturated/α-hetero) is 1. The molecule has 0 aromatic heterocycles. The normalized spacial score (nSPS) is 49.1. The van der Waals surface area contributed by atoms with E-state index in [0.29, 0.717) is 40.8 Å². The first-order valence-electron chi connectivity index (χ1n) is 11.0. The highest BCUT2D eigenvalue weighted by Gasteiger charge is 2.62.